The lowest BCUT2D eigenvalue weighted by atomic mass is 10.2. The van der Waals surface area contributed by atoms with E-state index in [4.69, 9.17) is 5.73 Å². The second-order valence-electron chi connectivity index (χ2n) is 5.81. The van der Waals surface area contributed by atoms with E-state index < -0.39 is 0 Å². The summed E-state index contributed by atoms with van der Waals surface area (Å²) in [6.45, 7) is 8.86. The highest BCUT2D eigenvalue weighted by Crippen LogP contribution is 2.15. The van der Waals surface area contributed by atoms with Crippen molar-refractivity contribution in [2.45, 2.75) is 26.4 Å². The molecule has 21 heavy (non-hydrogen) atoms. The van der Waals surface area contributed by atoms with E-state index in [-0.39, 0.29) is 0 Å². The van der Waals surface area contributed by atoms with E-state index in [1.54, 1.807) is 0 Å². The monoisotopic (exact) mass is 290 g/mol. The van der Waals surface area contributed by atoms with Crippen molar-refractivity contribution in [3.63, 3.8) is 0 Å². The number of nitrogens with one attached hydrogen (secondary N) is 1. The number of nitrogens with zero attached hydrogens (tertiary/aromatic N) is 4. The number of nitrogens with two attached hydrogens (primary N) is 1. The average molecular weight is 290 g/mol. The molecule has 0 unspecified atom stereocenters. The average Bonchev–Trinajstić information content (AvgIpc) is 2.45. The molecule has 0 amide bonds. The molecule has 1 saturated heterocycles. The van der Waals surface area contributed by atoms with Gasteiger partial charge in [0.2, 0.25) is 0 Å². The van der Waals surface area contributed by atoms with Gasteiger partial charge in [-0.05, 0) is 38.6 Å². The zero-order chi connectivity index (χ0) is 15.2. The normalized spacial score (nSPS) is 17.3. The molecule has 0 aromatic carbocycles. The molecule has 0 radical (unpaired) electrons. The van der Waals surface area contributed by atoms with Crippen LogP contribution in [-0.4, -0.2) is 55.1 Å². The Hall–Kier alpha value is -1.82. The predicted octanol–water partition coefficient (Wildman–Crippen LogP) is 0.646. The molecule has 1 aromatic heterocycles. The van der Waals surface area contributed by atoms with Gasteiger partial charge in [0.15, 0.2) is 5.96 Å². The Kier molecular flexibility index (Phi) is 5.38. The van der Waals surface area contributed by atoms with E-state index >= 15 is 0 Å². The van der Waals surface area contributed by atoms with Crippen LogP contribution in [-0.2, 0) is 6.54 Å². The first-order chi connectivity index (χ1) is 10.0. The molecule has 0 bridgehead atoms. The second-order valence-corrected chi connectivity index (χ2v) is 5.81. The maximum absolute atomic E-state index is 5.83. The number of hydrogen-bond donors (Lipinski definition) is 2. The standard InChI is InChI=1S/C15H26N6/c1-12(2)19-15(16)18-11-13-4-5-17-14(10-13)21-8-6-20(3)7-9-21/h4-5,10,12H,6-9,11H2,1-3H3,(H3,16,18,19). The fourth-order valence-corrected chi connectivity index (χ4v) is 2.29. The second kappa shape index (κ2) is 7.26. The highest BCUT2D eigenvalue weighted by atomic mass is 15.3. The fraction of sp³-hybridized carbons (Fsp3) is 0.600. The fourth-order valence-electron chi connectivity index (χ4n) is 2.29. The number of pyridine rings is 1. The molecule has 2 heterocycles. The lowest BCUT2D eigenvalue weighted by molar-refractivity contribution is 0.312. The molecule has 2 rings (SSSR count). The van der Waals surface area contributed by atoms with Crippen LogP contribution >= 0.6 is 0 Å². The lowest BCUT2D eigenvalue weighted by Crippen LogP contribution is -2.44. The van der Waals surface area contributed by atoms with Crippen LogP contribution < -0.4 is 16.0 Å². The molecule has 116 valence electrons. The van der Waals surface area contributed by atoms with Gasteiger partial charge in [0.25, 0.3) is 0 Å². The number of anilines is 1. The van der Waals surface area contributed by atoms with Crippen molar-refractivity contribution >= 4 is 11.8 Å². The van der Waals surface area contributed by atoms with Crippen LogP contribution in [0.2, 0.25) is 0 Å². The molecule has 0 aliphatic carbocycles. The Morgan fingerprint density at radius 1 is 1.38 bits per heavy atom. The summed E-state index contributed by atoms with van der Waals surface area (Å²) in [5, 5.41) is 3.09. The van der Waals surface area contributed by atoms with Crippen molar-refractivity contribution in [1.82, 2.24) is 15.2 Å². The summed E-state index contributed by atoms with van der Waals surface area (Å²) >= 11 is 0. The zero-order valence-electron chi connectivity index (χ0n) is 13.2. The summed E-state index contributed by atoms with van der Waals surface area (Å²) in [6.07, 6.45) is 1.85. The molecule has 0 spiro atoms. The van der Waals surface area contributed by atoms with Crippen LogP contribution in [0.25, 0.3) is 0 Å². The number of guanidine groups is 1. The van der Waals surface area contributed by atoms with Crippen molar-refractivity contribution in [3.05, 3.63) is 23.9 Å². The first-order valence-corrected chi connectivity index (χ1v) is 7.49. The van der Waals surface area contributed by atoms with Crippen molar-refractivity contribution in [3.8, 4) is 0 Å². The molecule has 0 atom stereocenters. The number of rotatable bonds is 4. The van der Waals surface area contributed by atoms with Crippen LogP contribution in [0.3, 0.4) is 0 Å². The SMILES string of the molecule is CC(C)NC(N)=NCc1ccnc(N2CCN(C)CC2)c1. The molecular formula is C15H26N6. The van der Waals surface area contributed by atoms with E-state index in [2.05, 4.69) is 38.2 Å². The third-order valence-electron chi connectivity index (χ3n) is 3.51. The highest BCUT2D eigenvalue weighted by Gasteiger charge is 2.15. The van der Waals surface area contributed by atoms with Crippen molar-refractivity contribution in [1.29, 1.82) is 0 Å². The number of aliphatic imine (C=N–C) groups is 1. The van der Waals surface area contributed by atoms with Crippen LogP contribution in [0.4, 0.5) is 5.82 Å². The van der Waals surface area contributed by atoms with E-state index in [9.17, 15) is 0 Å². The maximum atomic E-state index is 5.83. The van der Waals surface area contributed by atoms with Crippen LogP contribution in [0.15, 0.2) is 23.3 Å². The molecular weight excluding hydrogens is 264 g/mol. The van der Waals surface area contributed by atoms with Gasteiger partial charge in [0.1, 0.15) is 5.82 Å². The van der Waals surface area contributed by atoms with Crippen molar-refractivity contribution < 1.29 is 0 Å². The van der Waals surface area contributed by atoms with Crippen molar-refractivity contribution in [2.24, 2.45) is 10.7 Å². The Labute approximate surface area is 127 Å². The maximum Gasteiger partial charge on any atom is 0.189 e. The molecule has 3 N–H and O–H groups in total. The zero-order valence-corrected chi connectivity index (χ0v) is 13.2. The van der Waals surface area contributed by atoms with Gasteiger partial charge < -0.3 is 20.9 Å². The lowest BCUT2D eigenvalue weighted by Gasteiger charge is -2.33. The summed E-state index contributed by atoms with van der Waals surface area (Å²) in [4.78, 5) is 13.5. The minimum atomic E-state index is 0.298. The molecule has 0 saturated carbocycles. The molecule has 6 nitrogen and oxygen atoms in total. The van der Waals surface area contributed by atoms with E-state index in [1.807, 2.05) is 26.1 Å². The van der Waals surface area contributed by atoms with Gasteiger partial charge in [-0.15, -0.1) is 0 Å². The number of aromatic nitrogens is 1. The quantitative estimate of drug-likeness (QED) is 0.629. The third kappa shape index (κ3) is 4.90. The Morgan fingerprint density at radius 2 is 2.10 bits per heavy atom. The highest BCUT2D eigenvalue weighted by molar-refractivity contribution is 5.78. The summed E-state index contributed by atoms with van der Waals surface area (Å²) in [7, 11) is 2.15. The third-order valence-corrected chi connectivity index (χ3v) is 3.51. The number of piperazine rings is 1. The molecule has 1 aromatic rings. The smallest absolute Gasteiger partial charge is 0.189 e. The van der Waals surface area contributed by atoms with Crippen LogP contribution in [0, 0.1) is 0 Å². The first kappa shape index (κ1) is 15.6. The number of hydrogen-bond acceptors (Lipinski definition) is 4. The minimum absolute atomic E-state index is 0.298. The van der Waals surface area contributed by atoms with Gasteiger partial charge in [0, 0.05) is 38.4 Å². The number of likely N-dealkylation sites (N-methyl/N-ethyl adjacent to an activating group) is 1. The topological polar surface area (TPSA) is 69.8 Å². The molecule has 6 heteroatoms. The Morgan fingerprint density at radius 3 is 2.76 bits per heavy atom. The summed E-state index contributed by atoms with van der Waals surface area (Å²) < 4.78 is 0. The first-order valence-electron chi connectivity index (χ1n) is 7.49. The van der Waals surface area contributed by atoms with Gasteiger partial charge in [-0.25, -0.2) is 9.98 Å². The van der Waals surface area contributed by atoms with E-state index in [0.29, 0.717) is 18.5 Å². The molecule has 1 aliphatic rings. The van der Waals surface area contributed by atoms with E-state index in [0.717, 1.165) is 37.6 Å². The minimum Gasteiger partial charge on any atom is -0.370 e. The van der Waals surface area contributed by atoms with Gasteiger partial charge in [-0.1, -0.05) is 0 Å². The van der Waals surface area contributed by atoms with Gasteiger partial charge in [-0.2, -0.15) is 0 Å². The largest absolute Gasteiger partial charge is 0.370 e. The van der Waals surface area contributed by atoms with Crippen LogP contribution in [0.5, 0.6) is 0 Å². The summed E-state index contributed by atoms with van der Waals surface area (Å²) in [6, 6.07) is 4.40. The van der Waals surface area contributed by atoms with Gasteiger partial charge in [-0.3, -0.25) is 0 Å². The van der Waals surface area contributed by atoms with Crippen LogP contribution in [0.1, 0.15) is 19.4 Å². The predicted molar refractivity (Wildman–Crippen MR) is 87.5 cm³/mol. The molecule has 1 aliphatic heterocycles. The summed E-state index contributed by atoms with van der Waals surface area (Å²) in [5.74, 6) is 1.52. The van der Waals surface area contributed by atoms with Gasteiger partial charge in [0.05, 0.1) is 6.54 Å². The van der Waals surface area contributed by atoms with Crippen molar-refractivity contribution in [2.75, 3.05) is 38.1 Å². The molecule has 1 fully saturated rings. The summed E-state index contributed by atoms with van der Waals surface area (Å²) in [5.41, 5.74) is 6.96. The Bertz CT molecular complexity index is 477. The van der Waals surface area contributed by atoms with Gasteiger partial charge >= 0.3 is 0 Å². The van der Waals surface area contributed by atoms with E-state index in [1.165, 1.54) is 0 Å². The Balaban J connectivity index is 1.97.